The van der Waals surface area contributed by atoms with Gasteiger partial charge in [-0.25, -0.2) is 0 Å². The highest BCUT2D eigenvalue weighted by Crippen LogP contribution is 2.24. The van der Waals surface area contributed by atoms with Gasteiger partial charge in [-0.3, -0.25) is 4.79 Å². The number of carbonyl (C=O) groups is 1. The van der Waals surface area contributed by atoms with Gasteiger partial charge in [-0.05, 0) is 30.2 Å². The maximum atomic E-state index is 12.0. The third-order valence-electron chi connectivity index (χ3n) is 4.00. The summed E-state index contributed by atoms with van der Waals surface area (Å²) >= 11 is 0. The molecule has 0 aromatic carbocycles. The van der Waals surface area contributed by atoms with Gasteiger partial charge < -0.3 is 10.6 Å². The number of hydrogen-bond acceptors (Lipinski definition) is 2. The minimum absolute atomic E-state index is 0.158. The number of piperidine rings is 1. The van der Waals surface area contributed by atoms with Gasteiger partial charge in [-0.15, -0.1) is 0 Å². The maximum absolute atomic E-state index is 12.0. The van der Waals surface area contributed by atoms with Crippen LogP contribution in [0.5, 0.6) is 0 Å². The van der Waals surface area contributed by atoms with Crippen LogP contribution >= 0.6 is 0 Å². The van der Waals surface area contributed by atoms with Crippen molar-refractivity contribution in [3.05, 3.63) is 0 Å². The molecule has 3 atom stereocenters. The Morgan fingerprint density at radius 1 is 1.41 bits per heavy atom. The van der Waals surface area contributed by atoms with Crippen molar-refractivity contribution in [1.29, 1.82) is 0 Å². The monoisotopic (exact) mass is 240 g/mol. The van der Waals surface area contributed by atoms with Gasteiger partial charge in [0, 0.05) is 13.1 Å². The molecular weight excluding hydrogens is 212 g/mol. The molecule has 1 saturated heterocycles. The summed E-state index contributed by atoms with van der Waals surface area (Å²) in [6, 6.07) is 0. The van der Waals surface area contributed by atoms with E-state index in [0.717, 1.165) is 26.1 Å². The zero-order valence-corrected chi connectivity index (χ0v) is 12.0. The van der Waals surface area contributed by atoms with Crippen molar-refractivity contribution >= 4 is 5.91 Å². The van der Waals surface area contributed by atoms with Crippen molar-refractivity contribution in [1.82, 2.24) is 10.6 Å². The lowest BCUT2D eigenvalue weighted by atomic mass is 9.82. The number of nitrogens with one attached hydrogen (secondary N) is 2. The molecule has 2 N–H and O–H groups in total. The molecule has 0 aromatic heterocycles. The lowest BCUT2D eigenvalue weighted by Gasteiger charge is -2.30. The van der Waals surface area contributed by atoms with Crippen molar-refractivity contribution in [2.75, 3.05) is 19.6 Å². The lowest BCUT2D eigenvalue weighted by molar-refractivity contribution is -0.126. The summed E-state index contributed by atoms with van der Waals surface area (Å²) in [6.07, 6.45) is 1.02. The lowest BCUT2D eigenvalue weighted by Crippen LogP contribution is -2.45. The first-order valence-electron chi connectivity index (χ1n) is 6.79. The molecule has 0 aromatic rings. The minimum Gasteiger partial charge on any atom is -0.356 e. The zero-order valence-electron chi connectivity index (χ0n) is 12.0. The van der Waals surface area contributed by atoms with Crippen molar-refractivity contribution in [2.24, 2.45) is 23.2 Å². The van der Waals surface area contributed by atoms with Crippen LogP contribution in [-0.4, -0.2) is 25.5 Å². The van der Waals surface area contributed by atoms with E-state index >= 15 is 0 Å². The van der Waals surface area contributed by atoms with E-state index in [1.165, 1.54) is 0 Å². The van der Waals surface area contributed by atoms with Crippen molar-refractivity contribution in [3.63, 3.8) is 0 Å². The Bertz CT molecular complexity index is 257. The first-order chi connectivity index (χ1) is 7.80. The zero-order chi connectivity index (χ0) is 13.1. The van der Waals surface area contributed by atoms with Crippen LogP contribution in [0.15, 0.2) is 0 Å². The van der Waals surface area contributed by atoms with Crippen LogP contribution in [0.1, 0.15) is 41.0 Å². The molecule has 1 amide bonds. The quantitative estimate of drug-likeness (QED) is 0.792. The largest absolute Gasteiger partial charge is 0.356 e. The maximum Gasteiger partial charge on any atom is 0.224 e. The summed E-state index contributed by atoms with van der Waals surface area (Å²) in [5.74, 6) is 1.49. The summed E-state index contributed by atoms with van der Waals surface area (Å²) in [6.45, 7) is 13.7. The SMILES string of the molecule is CC1CNCC(C(=O)NCC(C)C(C)(C)C)C1. The summed E-state index contributed by atoms with van der Waals surface area (Å²) < 4.78 is 0. The highest BCUT2D eigenvalue weighted by Gasteiger charge is 2.26. The Morgan fingerprint density at radius 2 is 2.06 bits per heavy atom. The molecule has 17 heavy (non-hydrogen) atoms. The summed E-state index contributed by atoms with van der Waals surface area (Å²) in [5, 5.41) is 6.42. The molecule has 0 bridgehead atoms. The summed E-state index contributed by atoms with van der Waals surface area (Å²) in [4.78, 5) is 12.0. The van der Waals surface area contributed by atoms with Crippen LogP contribution in [0, 0.1) is 23.2 Å². The van der Waals surface area contributed by atoms with E-state index in [1.54, 1.807) is 0 Å². The van der Waals surface area contributed by atoms with Crippen molar-refractivity contribution in [3.8, 4) is 0 Å². The second-order valence-corrected chi connectivity index (χ2v) is 6.71. The number of rotatable bonds is 3. The predicted octanol–water partition coefficient (Wildman–Crippen LogP) is 2.03. The third-order valence-corrected chi connectivity index (χ3v) is 4.00. The minimum atomic E-state index is 0.158. The molecule has 3 nitrogen and oxygen atoms in total. The summed E-state index contributed by atoms with van der Waals surface area (Å²) in [7, 11) is 0. The average Bonchev–Trinajstić information content (AvgIpc) is 2.24. The molecule has 1 fully saturated rings. The molecule has 1 rings (SSSR count). The number of carbonyl (C=O) groups excluding carboxylic acids is 1. The normalized spacial score (nSPS) is 27.6. The van der Waals surface area contributed by atoms with Gasteiger partial charge in [0.1, 0.15) is 0 Å². The van der Waals surface area contributed by atoms with E-state index in [-0.39, 0.29) is 17.2 Å². The van der Waals surface area contributed by atoms with Crippen LogP contribution in [-0.2, 0) is 4.79 Å². The van der Waals surface area contributed by atoms with Crippen LogP contribution in [0.4, 0.5) is 0 Å². The van der Waals surface area contributed by atoms with Crippen molar-refractivity contribution < 1.29 is 4.79 Å². The number of amides is 1. The van der Waals surface area contributed by atoms with Crippen LogP contribution in [0.3, 0.4) is 0 Å². The van der Waals surface area contributed by atoms with Crippen LogP contribution in [0.25, 0.3) is 0 Å². The van der Waals surface area contributed by atoms with Gasteiger partial charge in [0.15, 0.2) is 0 Å². The average molecular weight is 240 g/mol. The molecule has 100 valence electrons. The van der Waals surface area contributed by atoms with E-state index in [2.05, 4.69) is 45.3 Å². The topological polar surface area (TPSA) is 41.1 Å². The first kappa shape index (κ1) is 14.5. The molecule has 0 radical (unpaired) electrons. The molecular formula is C14H28N2O. The van der Waals surface area contributed by atoms with E-state index in [4.69, 9.17) is 0 Å². The fourth-order valence-corrected chi connectivity index (χ4v) is 2.06. The van der Waals surface area contributed by atoms with E-state index in [1.807, 2.05) is 0 Å². The van der Waals surface area contributed by atoms with Gasteiger partial charge in [-0.2, -0.15) is 0 Å². The van der Waals surface area contributed by atoms with Gasteiger partial charge in [-0.1, -0.05) is 34.6 Å². The Balaban J connectivity index is 2.34. The van der Waals surface area contributed by atoms with Gasteiger partial charge >= 0.3 is 0 Å². The number of hydrogen-bond donors (Lipinski definition) is 2. The first-order valence-corrected chi connectivity index (χ1v) is 6.79. The fraction of sp³-hybridized carbons (Fsp3) is 0.929. The Hall–Kier alpha value is -0.570. The second-order valence-electron chi connectivity index (χ2n) is 6.71. The van der Waals surface area contributed by atoms with Crippen LogP contribution in [0.2, 0.25) is 0 Å². The highest BCUT2D eigenvalue weighted by molar-refractivity contribution is 5.79. The molecule has 0 aliphatic carbocycles. The van der Waals surface area contributed by atoms with E-state index in [0.29, 0.717) is 11.8 Å². The van der Waals surface area contributed by atoms with E-state index in [9.17, 15) is 4.79 Å². The highest BCUT2D eigenvalue weighted by atomic mass is 16.1. The van der Waals surface area contributed by atoms with Crippen molar-refractivity contribution in [2.45, 2.75) is 41.0 Å². The Kier molecular flexibility index (Phi) is 4.99. The molecule has 0 saturated carbocycles. The molecule has 1 aliphatic heterocycles. The third kappa shape index (κ3) is 4.66. The molecule has 1 heterocycles. The van der Waals surface area contributed by atoms with Gasteiger partial charge in [0.05, 0.1) is 5.92 Å². The molecule has 3 heteroatoms. The molecule has 0 spiro atoms. The second kappa shape index (κ2) is 5.85. The van der Waals surface area contributed by atoms with E-state index < -0.39 is 0 Å². The van der Waals surface area contributed by atoms with Gasteiger partial charge in [0.2, 0.25) is 5.91 Å². The van der Waals surface area contributed by atoms with Gasteiger partial charge in [0.25, 0.3) is 0 Å². The fourth-order valence-electron chi connectivity index (χ4n) is 2.06. The predicted molar refractivity (Wildman–Crippen MR) is 71.8 cm³/mol. The Labute approximate surface area is 106 Å². The molecule has 3 unspecified atom stereocenters. The Morgan fingerprint density at radius 3 is 2.59 bits per heavy atom. The molecule has 1 aliphatic rings. The van der Waals surface area contributed by atoms with Crippen LogP contribution < -0.4 is 10.6 Å². The summed E-state index contributed by atoms with van der Waals surface area (Å²) in [5.41, 5.74) is 0.255. The smallest absolute Gasteiger partial charge is 0.224 e. The standard InChI is InChI=1S/C14H28N2O/c1-10-6-12(9-15-7-10)13(17)16-8-11(2)14(3,4)5/h10-12,15H,6-9H2,1-5H3,(H,16,17).